The number of fused-ring (bicyclic) bond motifs is 2. The number of rotatable bonds is 5. The molecule has 0 bridgehead atoms. The molecule has 1 aliphatic heterocycles. The molecule has 0 fully saturated rings. The largest absolute Gasteiger partial charge is 0.458 e. The van der Waals surface area contributed by atoms with Crippen molar-refractivity contribution in [3.8, 4) is 11.6 Å². The minimum Gasteiger partial charge on any atom is -0.458 e. The fourth-order valence-corrected chi connectivity index (χ4v) is 4.37. The lowest BCUT2D eigenvalue weighted by Crippen LogP contribution is -2.41. The number of H-pyrrole nitrogens is 1. The van der Waals surface area contributed by atoms with Crippen molar-refractivity contribution in [3.05, 3.63) is 71.5 Å². The van der Waals surface area contributed by atoms with E-state index in [4.69, 9.17) is 8.83 Å². The Bertz CT molecular complexity index is 1570. The number of imidazole rings is 1. The third kappa shape index (κ3) is 3.44. The molecule has 0 radical (unpaired) electrons. The molecule has 1 aromatic carbocycles. The second-order valence-electron chi connectivity index (χ2n) is 7.97. The molecule has 10 nitrogen and oxygen atoms in total. The lowest BCUT2D eigenvalue weighted by Gasteiger charge is -2.33. The van der Waals surface area contributed by atoms with Crippen molar-refractivity contribution in [2.24, 2.45) is 0 Å². The number of hydrogen-bond acceptors (Lipinski definition) is 7. The smallest absolute Gasteiger partial charge is 0.333 e. The first-order valence-corrected chi connectivity index (χ1v) is 10.7. The summed E-state index contributed by atoms with van der Waals surface area (Å²) in [5, 5.41) is 11.3. The lowest BCUT2D eigenvalue weighted by atomic mass is 9.97. The molecule has 0 aliphatic carbocycles. The SMILES string of the molecule is O=C(c1nnc(-c2ccn(C(F)F)n2)o1)N1CCc2[nH]cnc2C1c1oc2ccccc2c1C(F)F. The van der Waals surface area contributed by atoms with E-state index in [9.17, 15) is 22.4 Å². The minimum atomic E-state index is -2.88. The van der Waals surface area contributed by atoms with Gasteiger partial charge in [0.25, 0.3) is 12.3 Å². The third-order valence-corrected chi connectivity index (χ3v) is 5.95. The van der Waals surface area contributed by atoms with E-state index in [0.29, 0.717) is 22.5 Å². The van der Waals surface area contributed by atoms with Crippen LogP contribution in [0, 0.1) is 0 Å². The maximum absolute atomic E-state index is 14.3. The normalized spacial score (nSPS) is 15.8. The van der Waals surface area contributed by atoms with Crippen molar-refractivity contribution in [1.82, 2.24) is 34.8 Å². The molecule has 4 aromatic heterocycles. The van der Waals surface area contributed by atoms with E-state index in [0.717, 1.165) is 6.20 Å². The molecule has 1 aliphatic rings. The van der Waals surface area contributed by atoms with Crippen LogP contribution in [0.25, 0.3) is 22.6 Å². The van der Waals surface area contributed by atoms with Gasteiger partial charge in [-0.1, -0.05) is 18.2 Å². The number of nitrogens with one attached hydrogen (secondary N) is 1. The summed E-state index contributed by atoms with van der Waals surface area (Å²) in [6, 6.07) is 6.49. The van der Waals surface area contributed by atoms with E-state index in [1.54, 1.807) is 18.2 Å². The molecule has 1 unspecified atom stereocenters. The van der Waals surface area contributed by atoms with E-state index in [1.807, 2.05) is 0 Å². The Hall–Kier alpha value is -4.49. The van der Waals surface area contributed by atoms with Gasteiger partial charge in [-0.15, -0.1) is 10.2 Å². The monoisotopic (exact) mass is 501 g/mol. The molecule has 0 spiro atoms. The lowest BCUT2D eigenvalue weighted by molar-refractivity contribution is 0.0566. The number of amides is 1. The molecule has 0 saturated heterocycles. The van der Waals surface area contributed by atoms with Crippen LogP contribution in [-0.4, -0.2) is 47.3 Å². The first-order chi connectivity index (χ1) is 17.4. The Morgan fingerprint density at radius 1 is 1.11 bits per heavy atom. The van der Waals surface area contributed by atoms with Crippen molar-refractivity contribution >= 4 is 16.9 Å². The third-order valence-electron chi connectivity index (χ3n) is 5.95. The number of hydrogen-bond donors (Lipinski definition) is 1. The van der Waals surface area contributed by atoms with Crippen molar-refractivity contribution in [3.63, 3.8) is 0 Å². The minimum absolute atomic E-state index is 0.0519. The molecule has 14 heteroatoms. The molecule has 36 heavy (non-hydrogen) atoms. The second kappa shape index (κ2) is 8.32. The molecule has 184 valence electrons. The number of halogens is 4. The topological polar surface area (TPSA) is 119 Å². The molecule has 1 N–H and O–H groups in total. The summed E-state index contributed by atoms with van der Waals surface area (Å²) < 4.78 is 65.9. The van der Waals surface area contributed by atoms with E-state index in [-0.39, 0.29) is 40.4 Å². The number of para-hydroxylation sites is 1. The number of nitrogens with zero attached hydrogens (tertiary/aromatic N) is 6. The molecular formula is C22H15F4N7O3. The quantitative estimate of drug-likeness (QED) is 0.352. The Balaban J connectivity index is 1.42. The van der Waals surface area contributed by atoms with Crippen molar-refractivity contribution < 1.29 is 31.2 Å². The first kappa shape index (κ1) is 22.0. The van der Waals surface area contributed by atoms with Crippen LogP contribution in [0.3, 0.4) is 0 Å². The zero-order valence-electron chi connectivity index (χ0n) is 18.1. The highest BCUT2D eigenvalue weighted by atomic mass is 19.3. The summed E-state index contributed by atoms with van der Waals surface area (Å²) in [5.41, 5.74) is 0.879. The Morgan fingerprint density at radius 3 is 2.72 bits per heavy atom. The van der Waals surface area contributed by atoms with Gasteiger partial charge in [0, 0.05) is 30.2 Å². The number of benzene rings is 1. The van der Waals surface area contributed by atoms with Crippen LogP contribution in [-0.2, 0) is 6.42 Å². The van der Waals surface area contributed by atoms with Gasteiger partial charge in [0.15, 0.2) is 0 Å². The molecule has 5 aromatic rings. The molecular weight excluding hydrogens is 486 g/mol. The summed E-state index contributed by atoms with van der Waals surface area (Å²) in [5.74, 6) is -1.59. The van der Waals surface area contributed by atoms with Crippen LogP contribution in [0.5, 0.6) is 0 Å². The van der Waals surface area contributed by atoms with E-state index in [1.165, 1.54) is 23.4 Å². The van der Waals surface area contributed by atoms with Crippen LogP contribution in [0.1, 0.15) is 52.4 Å². The van der Waals surface area contributed by atoms with E-state index < -0.39 is 30.8 Å². The predicted molar refractivity (Wildman–Crippen MR) is 113 cm³/mol. The van der Waals surface area contributed by atoms with Crippen LogP contribution < -0.4 is 0 Å². The summed E-state index contributed by atoms with van der Waals surface area (Å²) >= 11 is 0. The van der Waals surface area contributed by atoms with Crippen molar-refractivity contribution in [2.45, 2.75) is 25.4 Å². The average Bonchev–Trinajstić information content (AvgIpc) is 3.66. The number of furan rings is 1. The van der Waals surface area contributed by atoms with E-state index in [2.05, 4.69) is 25.3 Å². The second-order valence-corrected chi connectivity index (χ2v) is 7.97. The molecule has 6 rings (SSSR count). The van der Waals surface area contributed by atoms with Gasteiger partial charge in [0.05, 0.1) is 17.6 Å². The van der Waals surface area contributed by atoms with Crippen molar-refractivity contribution in [2.75, 3.05) is 6.54 Å². The molecule has 0 saturated carbocycles. The number of aromatic amines is 1. The molecule has 1 atom stereocenters. The Kier molecular flexibility index (Phi) is 5.09. The maximum atomic E-state index is 14.3. The molecule has 5 heterocycles. The summed E-state index contributed by atoms with van der Waals surface area (Å²) in [4.78, 5) is 22.0. The van der Waals surface area contributed by atoms with Gasteiger partial charge in [0.2, 0.25) is 0 Å². The number of carbonyl (C=O) groups is 1. The fraction of sp³-hybridized carbons (Fsp3) is 0.227. The van der Waals surface area contributed by atoms with E-state index >= 15 is 0 Å². The standard InChI is InChI=1S/C22H15F4N7O3/c23-18(24)14-10-3-1-2-4-13(10)35-17(14)16-15-11(27-9-28-15)5-7-32(16)21(34)20-30-29-19(36-20)12-6-8-33(31-12)22(25)26/h1-4,6,8-9,16,18,22H,5,7H2,(H,27,28). The highest BCUT2D eigenvalue weighted by Gasteiger charge is 2.41. The van der Waals surface area contributed by atoms with Crippen LogP contribution in [0.4, 0.5) is 17.6 Å². The average molecular weight is 501 g/mol. The number of carbonyl (C=O) groups excluding carboxylic acids is 1. The number of aromatic nitrogens is 6. The zero-order valence-corrected chi connectivity index (χ0v) is 18.1. The number of alkyl halides is 4. The van der Waals surface area contributed by atoms with Crippen LogP contribution in [0.15, 0.2) is 51.7 Å². The highest BCUT2D eigenvalue weighted by molar-refractivity contribution is 5.91. The summed E-state index contributed by atoms with van der Waals surface area (Å²) in [6.45, 7) is -2.76. The Morgan fingerprint density at radius 2 is 1.94 bits per heavy atom. The highest BCUT2D eigenvalue weighted by Crippen LogP contribution is 2.43. The van der Waals surface area contributed by atoms with Gasteiger partial charge < -0.3 is 18.7 Å². The van der Waals surface area contributed by atoms with Crippen molar-refractivity contribution in [1.29, 1.82) is 0 Å². The fourth-order valence-electron chi connectivity index (χ4n) is 4.37. The van der Waals surface area contributed by atoms with Gasteiger partial charge in [0.1, 0.15) is 23.1 Å². The Labute approximate surface area is 198 Å². The van der Waals surface area contributed by atoms with Gasteiger partial charge in [-0.05, 0) is 12.1 Å². The van der Waals surface area contributed by atoms with Gasteiger partial charge in [-0.2, -0.15) is 13.9 Å². The molecule has 1 amide bonds. The predicted octanol–water partition coefficient (Wildman–Crippen LogP) is 4.52. The first-order valence-electron chi connectivity index (χ1n) is 10.7. The van der Waals surface area contributed by atoms with Crippen LogP contribution in [0.2, 0.25) is 0 Å². The summed E-state index contributed by atoms with van der Waals surface area (Å²) in [7, 11) is 0. The van der Waals surface area contributed by atoms with Gasteiger partial charge >= 0.3 is 18.3 Å². The zero-order chi connectivity index (χ0) is 25.0. The maximum Gasteiger partial charge on any atom is 0.333 e. The summed E-state index contributed by atoms with van der Waals surface area (Å²) in [6.07, 6.45) is -0.0778. The van der Waals surface area contributed by atoms with Crippen LogP contribution >= 0.6 is 0 Å². The van der Waals surface area contributed by atoms with Gasteiger partial charge in [-0.3, -0.25) is 4.79 Å². The van der Waals surface area contributed by atoms with Gasteiger partial charge in [-0.25, -0.2) is 18.4 Å².